The van der Waals surface area contributed by atoms with Crippen LogP contribution < -0.4 is 14.4 Å². The number of hydrogen-bond acceptors (Lipinski definition) is 3. The molecule has 0 atom stereocenters. The van der Waals surface area contributed by atoms with Crippen LogP contribution in [0, 0.1) is 0 Å². The van der Waals surface area contributed by atoms with Crippen molar-refractivity contribution in [1.82, 2.24) is 0 Å². The van der Waals surface area contributed by atoms with Crippen molar-refractivity contribution in [3.05, 3.63) is 259 Å². The molecule has 13 rings (SSSR count). The zero-order valence-electron chi connectivity index (χ0n) is 34.8. The maximum absolute atomic E-state index is 6.81. The summed E-state index contributed by atoms with van der Waals surface area (Å²) in [6.07, 6.45) is 0. The van der Waals surface area contributed by atoms with Gasteiger partial charge in [0.05, 0.1) is 5.41 Å². The van der Waals surface area contributed by atoms with Gasteiger partial charge in [-0.1, -0.05) is 176 Å². The highest BCUT2D eigenvalue weighted by atomic mass is 16.6. The van der Waals surface area contributed by atoms with Crippen LogP contribution in [0.5, 0.6) is 23.0 Å². The third kappa shape index (κ3) is 5.47. The highest BCUT2D eigenvalue weighted by molar-refractivity contribution is 5.99. The van der Waals surface area contributed by atoms with E-state index in [9.17, 15) is 0 Å². The quantitative estimate of drug-likeness (QED) is 0.167. The molecule has 3 heteroatoms. The Hall–Kier alpha value is -8.40. The number of rotatable bonds is 6. The Bertz CT molecular complexity index is 3280. The van der Waals surface area contributed by atoms with E-state index in [4.69, 9.17) is 9.47 Å². The lowest BCUT2D eigenvalue weighted by Crippen LogP contribution is -2.26. The van der Waals surface area contributed by atoms with Crippen molar-refractivity contribution in [2.75, 3.05) is 4.90 Å². The molecule has 0 saturated carbocycles. The summed E-state index contributed by atoms with van der Waals surface area (Å²) >= 11 is 0. The largest absolute Gasteiger partial charge is 0.449 e. The van der Waals surface area contributed by atoms with Crippen LogP contribution in [0.2, 0.25) is 0 Å². The summed E-state index contributed by atoms with van der Waals surface area (Å²) in [7, 11) is 0. The first-order chi connectivity index (χ1) is 31.7. The second-order valence-electron chi connectivity index (χ2n) is 16.8. The third-order valence-corrected chi connectivity index (χ3v) is 13.4. The summed E-state index contributed by atoms with van der Waals surface area (Å²) in [5.74, 6) is 2.95. The van der Waals surface area contributed by atoms with Gasteiger partial charge in [-0.05, 0) is 133 Å². The maximum atomic E-state index is 6.81. The number of anilines is 3. The summed E-state index contributed by atoms with van der Waals surface area (Å²) in [6.45, 7) is 0. The zero-order chi connectivity index (χ0) is 42.2. The molecule has 1 heterocycles. The average molecular weight is 818 g/mol. The second kappa shape index (κ2) is 14.3. The van der Waals surface area contributed by atoms with Crippen molar-refractivity contribution in [2.24, 2.45) is 0 Å². The van der Waals surface area contributed by atoms with Crippen LogP contribution in [0.25, 0.3) is 55.6 Å². The summed E-state index contributed by atoms with van der Waals surface area (Å²) in [5.41, 5.74) is 19.6. The van der Waals surface area contributed by atoms with Crippen molar-refractivity contribution < 1.29 is 9.47 Å². The molecule has 2 aliphatic carbocycles. The molecule has 0 aromatic heterocycles. The van der Waals surface area contributed by atoms with Crippen LogP contribution in [-0.4, -0.2) is 0 Å². The van der Waals surface area contributed by atoms with Gasteiger partial charge in [-0.3, -0.25) is 0 Å². The van der Waals surface area contributed by atoms with E-state index in [0.717, 1.165) is 62.3 Å². The van der Waals surface area contributed by atoms with E-state index in [1.165, 1.54) is 55.6 Å². The van der Waals surface area contributed by atoms with Gasteiger partial charge in [0.15, 0.2) is 23.0 Å². The van der Waals surface area contributed by atoms with Crippen molar-refractivity contribution >= 4 is 17.1 Å². The molecule has 1 aliphatic heterocycles. The molecule has 0 fully saturated rings. The SMILES string of the molecule is c1ccc(-c2ccc(N(c3ccc(-c4ccccc4)cc3)c3ccc(-c4ccc5c(c4)C4(c6ccccc6-c6ccccc64)c4ccc6c(c4-5)Oc4ccccc4O6)cc3)cc2)cc1. The highest BCUT2D eigenvalue weighted by Crippen LogP contribution is 2.66. The lowest BCUT2D eigenvalue weighted by molar-refractivity contribution is 0.360. The Morgan fingerprint density at radius 3 is 1.27 bits per heavy atom. The van der Waals surface area contributed by atoms with Gasteiger partial charge in [0.1, 0.15) is 0 Å². The molecule has 0 radical (unpaired) electrons. The Kier molecular flexibility index (Phi) is 8.13. The molecule has 300 valence electrons. The molecule has 0 amide bonds. The second-order valence-corrected chi connectivity index (χ2v) is 16.8. The molecule has 0 N–H and O–H groups in total. The standard InChI is InChI=1S/C61H39NO2/c1-3-13-40(14-4-1)42-23-30-46(31-24-42)62(47-32-25-43(26-33-47)41-15-5-2-6-16-41)48-34-27-44(28-35-48)45-29-36-51-55(39-45)61(52-19-9-7-17-49(52)50-18-8-10-20-53(50)61)54-37-38-58-60(59(51)54)64-57-22-12-11-21-56(57)63-58/h1-39H. The van der Waals surface area contributed by atoms with Crippen LogP contribution >= 0.6 is 0 Å². The smallest absolute Gasteiger partial charge is 0.178 e. The van der Waals surface area contributed by atoms with E-state index in [2.05, 4.69) is 217 Å². The Labute approximate surface area is 372 Å². The van der Waals surface area contributed by atoms with Gasteiger partial charge in [-0.25, -0.2) is 0 Å². The minimum Gasteiger partial charge on any atom is -0.449 e. The predicted molar refractivity (Wildman–Crippen MR) is 260 cm³/mol. The number of nitrogens with zero attached hydrogens (tertiary/aromatic N) is 1. The molecule has 0 unspecified atom stereocenters. The van der Waals surface area contributed by atoms with Crippen molar-refractivity contribution in [1.29, 1.82) is 0 Å². The molecular weight excluding hydrogens is 779 g/mol. The molecule has 10 aromatic carbocycles. The summed E-state index contributed by atoms with van der Waals surface area (Å²) in [4.78, 5) is 2.34. The Morgan fingerprint density at radius 2 is 0.719 bits per heavy atom. The molecule has 0 bridgehead atoms. The number of hydrogen-bond donors (Lipinski definition) is 0. The summed E-state index contributed by atoms with van der Waals surface area (Å²) < 4.78 is 13.3. The average Bonchev–Trinajstić information content (AvgIpc) is 3.84. The van der Waals surface area contributed by atoms with Crippen molar-refractivity contribution in [3.8, 4) is 78.6 Å². The molecule has 0 saturated heterocycles. The fourth-order valence-electron chi connectivity index (χ4n) is 10.5. The predicted octanol–water partition coefficient (Wildman–Crippen LogP) is 16.4. The first-order valence-electron chi connectivity index (χ1n) is 21.9. The fourth-order valence-corrected chi connectivity index (χ4v) is 10.5. The first-order valence-corrected chi connectivity index (χ1v) is 21.9. The number of fused-ring (bicyclic) bond motifs is 13. The monoisotopic (exact) mass is 817 g/mol. The zero-order valence-corrected chi connectivity index (χ0v) is 34.8. The minimum absolute atomic E-state index is 0.544. The lowest BCUT2D eigenvalue weighted by atomic mass is 9.70. The van der Waals surface area contributed by atoms with Gasteiger partial charge in [0.25, 0.3) is 0 Å². The normalized spacial score (nSPS) is 13.1. The Balaban J connectivity index is 0.939. The van der Waals surface area contributed by atoms with Crippen LogP contribution in [0.15, 0.2) is 237 Å². The highest BCUT2D eigenvalue weighted by Gasteiger charge is 2.53. The molecule has 3 aliphatic rings. The van der Waals surface area contributed by atoms with Gasteiger partial charge >= 0.3 is 0 Å². The third-order valence-electron chi connectivity index (χ3n) is 13.4. The van der Waals surface area contributed by atoms with E-state index in [0.29, 0.717) is 0 Å². The van der Waals surface area contributed by atoms with E-state index in [-0.39, 0.29) is 0 Å². The Morgan fingerprint density at radius 1 is 0.281 bits per heavy atom. The number of ether oxygens (including phenoxy) is 2. The molecule has 3 nitrogen and oxygen atoms in total. The number of benzene rings is 10. The van der Waals surface area contributed by atoms with Crippen molar-refractivity contribution in [2.45, 2.75) is 5.41 Å². The van der Waals surface area contributed by atoms with Gasteiger partial charge < -0.3 is 14.4 Å². The van der Waals surface area contributed by atoms with Gasteiger partial charge in [-0.2, -0.15) is 0 Å². The van der Waals surface area contributed by atoms with E-state index in [1.807, 2.05) is 24.3 Å². The van der Waals surface area contributed by atoms with E-state index >= 15 is 0 Å². The van der Waals surface area contributed by atoms with Crippen LogP contribution in [0.3, 0.4) is 0 Å². The van der Waals surface area contributed by atoms with E-state index < -0.39 is 5.41 Å². The topological polar surface area (TPSA) is 21.7 Å². The van der Waals surface area contributed by atoms with Gasteiger partial charge in [0.2, 0.25) is 0 Å². The molecule has 10 aromatic rings. The van der Waals surface area contributed by atoms with Crippen LogP contribution in [-0.2, 0) is 5.41 Å². The van der Waals surface area contributed by atoms with Crippen molar-refractivity contribution in [3.63, 3.8) is 0 Å². The first kappa shape index (κ1) is 36.3. The van der Waals surface area contributed by atoms with Crippen LogP contribution in [0.4, 0.5) is 17.1 Å². The number of para-hydroxylation sites is 2. The molecule has 1 spiro atoms. The van der Waals surface area contributed by atoms with Gasteiger partial charge in [0, 0.05) is 22.6 Å². The summed E-state index contributed by atoms with van der Waals surface area (Å²) in [6, 6.07) is 85.0. The fraction of sp³-hybridized carbons (Fsp3) is 0.0164. The lowest BCUT2D eigenvalue weighted by Gasteiger charge is -2.31. The molecular formula is C61H39NO2. The maximum Gasteiger partial charge on any atom is 0.178 e. The van der Waals surface area contributed by atoms with E-state index in [1.54, 1.807) is 0 Å². The summed E-state index contributed by atoms with van der Waals surface area (Å²) in [5, 5.41) is 0. The van der Waals surface area contributed by atoms with Crippen LogP contribution in [0.1, 0.15) is 22.3 Å². The minimum atomic E-state index is -0.544. The molecule has 64 heavy (non-hydrogen) atoms. The van der Waals surface area contributed by atoms with Gasteiger partial charge in [-0.15, -0.1) is 0 Å².